The number of aromatic nitrogens is 1. The van der Waals surface area contributed by atoms with Gasteiger partial charge in [0.1, 0.15) is 10.8 Å². The summed E-state index contributed by atoms with van der Waals surface area (Å²) in [5, 5.41) is 2.89. The zero-order valence-corrected chi connectivity index (χ0v) is 13.3. The zero-order valence-electron chi connectivity index (χ0n) is 12.5. The molecule has 4 nitrogen and oxygen atoms in total. The Hall–Kier alpha value is -1.88. The minimum Gasteiger partial charge on any atom is -0.496 e. The molecule has 0 aliphatic heterocycles. The molecule has 0 fully saturated rings. The minimum atomic E-state index is -0.181. The molecule has 0 saturated heterocycles. The molecule has 0 atom stereocenters. The number of esters is 1. The van der Waals surface area contributed by atoms with Crippen molar-refractivity contribution in [3.63, 3.8) is 0 Å². The fraction of sp³-hybridized carbons (Fsp3) is 0.375. The number of aryl methyl sites for hydroxylation is 2. The standard InChI is InChI=1S/C16H19NO3S/c1-4-20-15(18)8-6-12-10-21-16(17-12)13-7-5-11(2)9-14(13)19-3/h5,7,9-10H,4,6,8H2,1-3H3. The third kappa shape index (κ3) is 4.04. The van der Waals surface area contributed by atoms with E-state index in [1.165, 1.54) is 0 Å². The molecule has 1 aromatic carbocycles. The van der Waals surface area contributed by atoms with Crippen molar-refractivity contribution in [3.8, 4) is 16.3 Å². The van der Waals surface area contributed by atoms with Crippen LogP contribution in [0.2, 0.25) is 0 Å². The first-order valence-corrected chi connectivity index (χ1v) is 7.77. The smallest absolute Gasteiger partial charge is 0.306 e. The van der Waals surface area contributed by atoms with Gasteiger partial charge >= 0.3 is 5.97 Å². The fourth-order valence-corrected chi connectivity index (χ4v) is 2.87. The number of hydrogen-bond donors (Lipinski definition) is 0. The number of benzene rings is 1. The third-order valence-corrected chi connectivity index (χ3v) is 3.95. The van der Waals surface area contributed by atoms with Crippen LogP contribution in [0.3, 0.4) is 0 Å². The molecule has 0 bridgehead atoms. The Labute approximate surface area is 128 Å². The maximum atomic E-state index is 11.4. The van der Waals surface area contributed by atoms with Gasteiger partial charge in [0.25, 0.3) is 0 Å². The summed E-state index contributed by atoms with van der Waals surface area (Å²) in [6, 6.07) is 6.05. The van der Waals surface area contributed by atoms with Gasteiger partial charge in [-0.1, -0.05) is 6.07 Å². The lowest BCUT2D eigenvalue weighted by Gasteiger charge is -2.06. The fourth-order valence-electron chi connectivity index (χ4n) is 1.98. The van der Waals surface area contributed by atoms with Crippen LogP contribution in [0.25, 0.3) is 10.6 Å². The lowest BCUT2D eigenvalue weighted by atomic mass is 10.1. The summed E-state index contributed by atoms with van der Waals surface area (Å²) in [7, 11) is 1.66. The number of thiazole rings is 1. The molecule has 0 amide bonds. The first kappa shape index (κ1) is 15.5. The first-order valence-electron chi connectivity index (χ1n) is 6.89. The van der Waals surface area contributed by atoms with E-state index in [0.29, 0.717) is 19.4 Å². The maximum Gasteiger partial charge on any atom is 0.306 e. The summed E-state index contributed by atoms with van der Waals surface area (Å²) >= 11 is 1.56. The van der Waals surface area contributed by atoms with Gasteiger partial charge in [0, 0.05) is 11.8 Å². The number of carbonyl (C=O) groups is 1. The average molecular weight is 305 g/mol. The van der Waals surface area contributed by atoms with Crippen molar-refractivity contribution in [1.82, 2.24) is 4.98 Å². The highest BCUT2D eigenvalue weighted by atomic mass is 32.1. The number of hydrogen-bond acceptors (Lipinski definition) is 5. The van der Waals surface area contributed by atoms with Crippen LogP contribution in [0.1, 0.15) is 24.6 Å². The van der Waals surface area contributed by atoms with Gasteiger partial charge in [0.15, 0.2) is 0 Å². The van der Waals surface area contributed by atoms with Crippen molar-refractivity contribution < 1.29 is 14.3 Å². The highest BCUT2D eigenvalue weighted by Crippen LogP contribution is 2.33. The van der Waals surface area contributed by atoms with E-state index in [1.54, 1.807) is 18.4 Å². The van der Waals surface area contributed by atoms with Gasteiger partial charge in [0.05, 0.1) is 31.4 Å². The van der Waals surface area contributed by atoms with Crippen molar-refractivity contribution in [2.45, 2.75) is 26.7 Å². The van der Waals surface area contributed by atoms with Gasteiger partial charge in [-0.3, -0.25) is 4.79 Å². The Balaban J connectivity index is 2.11. The van der Waals surface area contributed by atoms with Gasteiger partial charge in [-0.2, -0.15) is 0 Å². The Morgan fingerprint density at radius 3 is 2.90 bits per heavy atom. The monoisotopic (exact) mass is 305 g/mol. The molecule has 21 heavy (non-hydrogen) atoms. The Morgan fingerprint density at radius 1 is 1.38 bits per heavy atom. The predicted octanol–water partition coefficient (Wildman–Crippen LogP) is 3.62. The highest BCUT2D eigenvalue weighted by molar-refractivity contribution is 7.13. The van der Waals surface area contributed by atoms with E-state index >= 15 is 0 Å². The second-order valence-electron chi connectivity index (χ2n) is 4.65. The van der Waals surface area contributed by atoms with E-state index in [-0.39, 0.29) is 5.97 Å². The lowest BCUT2D eigenvalue weighted by molar-refractivity contribution is -0.143. The van der Waals surface area contributed by atoms with E-state index in [9.17, 15) is 4.79 Å². The molecule has 0 unspecified atom stereocenters. The van der Waals surface area contributed by atoms with E-state index in [2.05, 4.69) is 4.98 Å². The summed E-state index contributed by atoms with van der Waals surface area (Å²) < 4.78 is 10.3. The highest BCUT2D eigenvalue weighted by Gasteiger charge is 2.11. The van der Waals surface area contributed by atoms with E-state index < -0.39 is 0 Å². The third-order valence-electron chi connectivity index (χ3n) is 3.03. The summed E-state index contributed by atoms with van der Waals surface area (Å²) in [5.74, 6) is 0.640. The molecule has 0 aliphatic carbocycles. The summed E-state index contributed by atoms with van der Waals surface area (Å²) in [6.07, 6.45) is 0.964. The summed E-state index contributed by atoms with van der Waals surface area (Å²) in [5.41, 5.74) is 3.04. The van der Waals surface area contributed by atoms with Crippen molar-refractivity contribution in [1.29, 1.82) is 0 Å². The molecule has 0 N–H and O–H groups in total. The molecule has 2 aromatic rings. The minimum absolute atomic E-state index is 0.181. The Bertz CT molecular complexity index is 622. The van der Waals surface area contributed by atoms with E-state index in [0.717, 1.165) is 27.6 Å². The Morgan fingerprint density at radius 2 is 2.19 bits per heavy atom. The van der Waals surface area contributed by atoms with E-state index in [1.807, 2.05) is 37.4 Å². The maximum absolute atomic E-state index is 11.4. The number of nitrogens with zero attached hydrogens (tertiary/aromatic N) is 1. The first-order chi connectivity index (χ1) is 10.1. The predicted molar refractivity (Wildman–Crippen MR) is 83.8 cm³/mol. The van der Waals surface area contributed by atoms with E-state index in [4.69, 9.17) is 9.47 Å². The van der Waals surface area contributed by atoms with Crippen molar-refractivity contribution in [2.24, 2.45) is 0 Å². The molecule has 1 aromatic heterocycles. The molecule has 0 aliphatic rings. The van der Waals surface area contributed by atoms with Crippen LogP contribution in [0.15, 0.2) is 23.6 Å². The topological polar surface area (TPSA) is 48.4 Å². The number of ether oxygens (including phenoxy) is 2. The van der Waals surface area contributed by atoms with Crippen molar-refractivity contribution >= 4 is 17.3 Å². The second kappa shape index (κ2) is 7.22. The average Bonchev–Trinajstić information content (AvgIpc) is 2.94. The molecule has 5 heteroatoms. The molecule has 0 saturated carbocycles. The van der Waals surface area contributed by atoms with Gasteiger partial charge in [-0.05, 0) is 31.5 Å². The van der Waals surface area contributed by atoms with Crippen LogP contribution >= 0.6 is 11.3 Å². The van der Waals surface area contributed by atoms with Crippen LogP contribution in [0.5, 0.6) is 5.75 Å². The zero-order chi connectivity index (χ0) is 15.2. The normalized spacial score (nSPS) is 10.4. The van der Waals surface area contributed by atoms with Gasteiger partial charge < -0.3 is 9.47 Å². The van der Waals surface area contributed by atoms with Crippen LogP contribution < -0.4 is 4.74 Å². The Kier molecular flexibility index (Phi) is 5.33. The molecular formula is C16H19NO3S. The quantitative estimate of drug-likeness (QED) is 0.765. The van der Waals surface area contributed by atoms with Crippen molar-refractivity contribution in [3.05, 3.63) is 34.8 Å². The van der Waals surface area contributed by atoms with Crippen LogP contribution in [-0.4, -0.2) is 24.7 Å². The van der Waals surface area contributed by atoms with Crippen LogP contribution in [0.4, 0.5) is 0 Å². The van der Waals surface area contributed by atoms with Crippen LogP contribution in [-0.2, 0) is 16.0 Å². The van der Waals surface area contributed by atoms with Crippen LogP contribution in [0, 0.1) is 6.92 Å². The van der Waals surface area contributed by atoms with Gasteiger partial charge in [-0.15, -0.1) is 11.3 Å². The molecule has 1 heterocycles. The molecule has 2 rings (SSSR count). The second-order valence-corrected chi connectivity index (χ2v) is 5.51. The van der Waals surface area contributed by atoms with Gasteiger partial charge in [0.2, 0.25) is 0 Å². The molecular weight excluding hydrogens is 286 g/mol. The summed E-state index contributed by atoms with van der Waals surface area (Å²) in [6.45, 7) is 4.25. The SMILES string of the molecule is CCOC(=O)CCc1csc(-c2ccc(C)cc2OC)n1. The molecule has 0 radical (unpaired) electrons. The largest absolute Gasteiger partial charge is 0.496 e. The van der Waals surface area contributed by atoms with Gasteiger partial charge in [-0.25, -0.2) is 4.98 Å². The number of methoxy groups -OCH3 is 1. The van der Waals surface area contributed by atoms with Crippen molar-refractivity contribution in [2.75, 3.05) is 13.7 Å². The number of carbonyl (C=O) groups excluding carboxylic acids is 1. The molecule has 112 valence electrons. The summed E-state index contributed by atoms with van der Waals surface area (Å²) in [4.78, 5) is 15.9. The lowest BCUT2D eigenvalue weighted by Crippen LogP contribution is -2.05. The number of rotatable bonds is 6. The molecule has 0 spiro atoms.